The van der Waals surface area contributed by atoms with E-state index >= 15 is 0 Å². The Labute approximate surface area is 452 Å². The van der Waals surface area contributed by atoms with E-state index in [1.54, 1.807) is 13.0 Å². The summed E-state index contributed by atoms with van der Waals surface area (Å²) in [5, 5.41) is 41.0. The summed E-state index contributed by atoms with van der Waals surface area (Å²) in [6, 6.07) is 3.68. The van der Waals surface area contributed by atoms with Crippen LogP contribution in [-0.2, 0) is 25.2 Å². The number of carboxylic acids is 2. The van der Waals surface area contributed by atoms with Crippen molar-refractivity contribution in [3.63, 3.8) is 0 Å². The van der Waals surface area contributed by atoms with Gasteiger partial charge in [-0.3, -0.25) is 19.2 Å². The molecule has 2 aliphatic heterocycles. The molecule has 2 aromatic carbocycles. The number of aliphatic carboxylic acids is 2. The van der Waals surface area contributed by atoms with Gasteiger partial charge in [0.25, 0.3) is 0 Å². The van der Waals surface area contributed by atoms with Gasteiger partial charge in [0.05, 0.1) is 10.8 Å². The maximum Gasteiger partial charge on any atom is 0.309 e. The molecule has 8 aliphatic carbocycles. The van der Waals surface area contributed by atoms with Crippen LogP contribution in [0.1, 0.15) is 229 Å². The van der Waals surface area contributed by atoms with Crippen LogP contribution in [0.25, 0.3) is 0 Å². The average molecular weight is 1050 g/mol. The topological polar surface area (TPSA) is 177 Å². The van der Waals surface area contributed by atoms with Crippen molar-refractivity contribution in [2.24, 2.45) is 55.2 Å². The summed E-state index contributed by atoms with van der Waals surface area (Å²) in [6.07, 6.45) is 18.9. The first-order chi connectivity index (χ1) is 35.1. The zero-order valence-electron chi connectivity index (χ0n) is 48.3. The van der Waals surface area contributed by atoms with Crippen molar-refractivity contribution in [2.45, 2.75) is 216 Å². The molecule has 0 bridgehead atoms. The van der Waals surface area contributed by atoms with E-state index < -0.39 is 34.0 Å². The molecule has 11 heteroatoms. The third-order valence-electron chi connectivity index (χ3n) is 24.4. The molecule has 7 fully saturated rings. The number of carbonyl (C=O) groups excluding carboxylic acids is 2. The quantitative estimate of drug-likeness (QED) is 0.211. The molecule has 414 valence electrons. The number of phenolic OH excluding ortho intramolecular Hbond substituents is 2. The van der Waals surface area contributed by atoms with E-state index in [1.165, 1.54) is 18.4 Å². The average Bonchev–Trinajstić information content (AvgIpc) is 4.15. The van der Waals surface area contributed by atoms with Gasteiger partial charge < -0.3 is 34.6 Å². The highest BCUT2D eigenvalue weighted by atomic mass is 16.7. The monoisotopic (exact) mass is 1040 g/mol. The Morgan fingerprint density at radius 1 is 0.539 bits per heavy atom. The Bertz CT molecular complexity index is 2920. The minimum absolute atomic E-state index is 0.0638. The van der Waals surface area contributed by atoms with Gasteiger partial charge in [-0.2, -0.15) is 0 Å². The highest BCUT2D eigenvalue weighted by Crippen LogP contribution is 2.77. The summed E-state index contributed by atoms with van der Waals surface area (Å²) in [5.41, 5.74) is 4.39. The van der Waals surface area contributed by atoms with Crippen LogP contribution in [0.3, 0.4) is 0 Å². The number of fused-ring (bicyclic) bond motifs is 15. The van der Waals surface area contributed by atoms with E-state index in [9.17, 15) is 39.6 Å². The second-order valence-electron chi connectivity index (χ2n) is 29.0. The summed E-state index contributed by atoms with van der Waals surface area (Å²) in [6.45, 7) is 32.0. The molecule has 1 saturated heterocycles. The largest absolute Gasteiger partial charge is 0.504 e. The van der Waals surface area contributed by atoms with Gasteiger partial charge in [0, 0.05) is 60.1 Å². The highest BCUT2D eigenvalue weighted by Gasteiger charge is 2.69. The van der Waals surface area contributed by atoms with Crippen molar-refractivity contribution in [1.82, 2.24) is 0 Å². The molecule has 2 heterocycles. The van der Waals surface area contributed by atoms with E-state index in [0.717, 1.165) is 124 Å². The fourth-order valence-electron chi connectivity index (χ4n) is 18.7. The Morgan fingerprint density at radius 2 is 0.961 bits per heavy atom. The minimum atomic E-state index is -0.750. The van der Waals surface area contributed by atoms with Crippen molar-refractivity contribution >= 4 is 23.5 Å². The first kappa shape index (κ1) is 54.7. The van der Waals surface area contributed by atoms with E-state index in [1.807, 2.05) is 46.8 Å². The van der Waals surface area contributed by atoms with Gasteiger partial charge in [-0.05, 0) is 221 Å². The summed E-state index contributed by atoms with van der Waals surface area (Å²) in [4.78, 5) is 52.0. The van der Waals surface area contributed by atoms with Crippen molar-refractivity contribution in [2.75, 3.05) is 13.2 Å². The van der Waals surface area contributed by atoms with E-state index in [2.05, 4.69) is 61.5 Å². The number of ketones is 2. The van der Waals surface area contributed by atoms with Crippen LogP contribution in [0, 0.1) is 69.0 Å². The third kappa shape index (κ3) is 7.47. The molecule has 0 aromatic heterocycles. The fraction of sp³-hybridized carbons (Fsp3) is 0.692. The number of rotatable bonds is 2. The lowest BCUT2D eigenvalue weighted by Gasteiger charge is -2.69. The number of benzene rings is 2. The Hall–Kier alpha value is -4.64. The molecule has 12 rings (SSSR count). The molecule has 10 aliphatic rings. The Balaban J connectivity index is 0.000000159. The van der Waals surface area contributed by atoms with Gasteiger partial charge in [-0.1, -0.05) is 55.4 Å². The summed E-state index contributed by atoms with van der Waals surface area (Å²) in [5.74, 6) is -0.570. The van der Waals surface area contributed by atoms with E-state index in [4.69, 9.17) is 14.2 Å². The third-order valence-corrected chi connectivity index (χ3v) is 24.4. The second-order valence-corrected chi connectivity index (χ2v) is 29.0. The number of aromatic hydroxyl groups is 2. The summed E-state index contributed by atoms with van der Waals surface area (Å²) < 4.78 is 17.2. The van der Waals surface area contributed by atoms with Crippen LogP contribution in [0.2, 0.25) is 0 Å². The fourth-order valence-corrected chi connectivity index (χ4v) is 18.7. The molecule has 0 amide bonds. The van der Waals surface area contributed by atoms with Crippen molar-refractivity contribution in [3.8, 4) is 23.0 Å². The van der Waals surface area contributed by atoms with Crippen LogP contribution >= 0.6 is 0 Å². The van der Waals surface area contributed by atoms with Gasteiger partial charge in [0.1, 0.15) is 0 Å². The number of phenols is 2. The van der Waals surface area contributed by atoms with Crippen LogP contribution in [0.15, 0.2) is 35.4 Å². The molecule has 0 spiro atoms. The number of allylic oxidation sites excluding steroid dienone is 4. The molecule has 11 nitrogen and oxygen atoms in total. The standard InChI is InChI=1S/C32H42O5.C29H38O5.C4H8O/c1-18-24-19(15-21-25(18)37-27(2,3)36-21)30(6)12-14-32(8)23-17-29(5,26(34)35)10-9-28(23,4)11-13-31(32,7)22(30)16-20(24)33;1-16-22-17(13-19(31)23(16)32)27(4)10-12-29(6)21-15-26(3,24(33)34)8-7-25(21,2)9-11-28(29,5)20(27)14-18(22)30;1-2-4-5-3-1/h15-16,23H,9-14,17H2,1-8H3,(H,34,35);13-14,21,31-32H,7-12,15H2,1-6H3,(H,33,34);1-4H2/t23-,28-,29-,30+,31-,32+;21-,25-,26-,27+,28-,29+;/m11./s1. The number of hydrogen-bond acceptors (Lipinski definition) is 9. The molecular weight excluding hydrogens is 957 g/mol. The number of carbonyl (C=O) groups is 4. The van der Waals surface area contributed by atoms with Gasteiger partial charge in [0.15, 0.2) is 34.6 Å². The lowest BCUT2D eigenvalue weighted by Crippen LogP contribution is -2.62. The molecule has 12 atom stereocenters. The zero-order valence-corrected chi connectivity index (χ0v) is 48.3. The Kier molecular flexibility index (Phi) is 12.4. The van der Waals surface area contributed by atoms with Gasteiger partial charge in [-0.15, -0.1) is 0 Å². The van der Waals surface area contributed by atoms with Gasteiger partial charge >= 0.3 is 11.9 Å². The molecule has 4 N–H and O–H groups in total. The number of ether oxygens (including phenoxy) is 3. The molecule has 76 heavy (non-hydrogen) atoms. The summed E-state index contributed by atoms with van der Waals surface area (Å²) >= 11 is 0. The lowest BCUT2D eigenvalue weighted by atomic mass is 9.34. The highest BCUT2D eigenvalue weighted by molar-refractivity contribution is 6.11. The SMILES string of the molecule is C1CCOC1.Cc1c(O)c(O)cc2c1C(=O)C=C1[C@@]2(C)CC[C@@]2(C)[C@@H]3C[C@](C)(C(=O)O)CC[C@]3(C)CC[C@]12C.Cc1c2c(cc3c1C(=O)C=C1[C@@]3(C)CC[C@@]3(C)[C@@H]4C[C@](C)(C(=O)O)CC[C@]4(C)CC[C@]13C)OC(C)(C)O2. The van der Waals surface area contributed by atoms with Crippen molar-refractivity contribution in [1.29, 1.82) is 0 Å². The maximum absolute atomic E-state index is 13.9. The predicted molar refractivity (Wildman–Crippen MR) is 292 cm³/mol. The normalized spacial score (nSPS) is 41.9. The maximum atomic E-state index is 13.9. The Morgan fingerprint density at radius 3 is 1.38 bits per heavy atom. The van der Waals surface area contributed by atoms with Crippen LogP contribution in [0.5, 0.6) is 23.0 Å². The summed E-state index contributed by atoms with van der Waals surface area (Å²) in [7, 11) is 0. The van der Waals surface area contributed by atoms with Crippen molar-refractivity contribution in [3.05, 3.63) is 68.8 Å². The number of hydrogen-bond donors (Lipinski definition) is 4. The van der Waals surface area contributed by atoms with Crippen LogP contribution in [0.4, 0.5) is 0 Å². The lowest BCUT2D eigenvalue weighted by molar-refractivity contribution is -0.177. The molecule has 6 saturated carbocycles. The van der Waals surface area contributed by atoms with Gasteiger partial charge in [0.2, 0.25) is 5.79 Å². The first-order valence-corrected chi connectivity index (χ1v) is 28.8. The molecule has 0 radical (unpaired) electrons. The smallest absolute Gasteiger partial charge is 0.309 e. The first-order valence-electron chi connectivity index (χ1n) is 28.8. The van der Waals surface area contributed by atoms with Crippen LogP contribution < -0.4 is 9.47 Å². The number of carboxylic acid groups (broad SMARTS) is 2. The van der Waals surface area contributed by atoms with Crippen LogP contribution in [-0.4, -0.2) is 62.9 Å². The van der Waals surface area contributed by atoms with Gasteiger partial charge in [-0.25, -0.2) is 0 Å². The molecular formula is C65H88O11. The van der Waals surface area contributed by atoms with Crippen molar-refractivity contribution < 1.29 is 53.8 Å². The predicted octanol–water partition coefficient (Wildman–Crippen LogP) is 14.5. The minimum Gasteiger partial charge on any atom is -0.504 e. The van der Waals surface area contributed by atoms with E-state index in [-0.39, 0.29) is 66.9 Å². The van der Waals surface area contributed by atoms with E-state index in [0.29, 0.717) is 35.6 Å². The zero-order chi connectivity index (χ0) is 55.6. The molecule has 2 aromatic rings. The second kappa shape index (κ2) is 17.2. The molecule has 0 unspecified atom stereocenters.